The van der Waals surface area contributed by atoms with Gasteiger partial charge in [0.15, 0.2) is 6.10 Å². The Labute approximate surface area is 133 Å². The first-order valence-electron chi connectivity index (χ1n) is 6.24. The molecule has 4 nitrogen and oxygen atoms in total. The maximum atomic E-state index is 12.2. The number of methoxy groups -OCH3 is 1. The highest BCUT2D eigenvalue weighted by Gasteiger charge is 2.21. The van der Waals surface area contributed by atoms with Gasteiger partial charge in [-0.3, -0.25) is 4.79 Å². The van der Waals surface area contributed by atoms with Crippen molar-refractivity contribution in [2.45, 2.75) is 17.9 Å². The van der Waals surface area contributed by atoms with E-state index >= 15 is 0 Å². The van der Waals surface area contributed by atoms with Crippen LogP contribution in [0.1, 0.15) is 6.92 Å². The third kappa shape index (κ3) is 5.69. The molecule has 0 aromatic heterocycles. The predicted octanol–water partition coefficient (Wildman–Crippen LogP) is 2.98. The molecule has 1 aromatic carbocycles. The van der Waals surface area contributed by atoms with Crippen LogP contribution in [-0.2, 0) is 9.53 Å². The molecule has 0 N–H and O–H groups in total. The molecule has 2 unspecified atom stereocenters. The number of amides is 1. The fraction of sp³-hybridized carbons (Fsp3) is 0.500. The van der Waals surface area contributed by atoms with Crippen LogP contribution in [0.2, 0.25) is 5.02 Å². The van der Waals surface area contributed by atoms with E-state index in [0.29, 0.717) is 23.9 Å². The van der Waals surface area contributed by atoms with Gasteiger partial charge in [0.05, 0.1) is 11.4 Å². The first kappa shape index (κ1) is 17.3. The number of rotatable bonds is 7. The van der Waals surface area contributed by atoms with Crippen LogP contribution in [0.4, 0.5) is 0 Å². The van der Waals surface area contributed by atoms with Crippen LogP contribution in [0.25, 0.3) is 0 Å². The molecule has 0 spiro atoms. The molecule has 6 heteroatoms. The molecular formula is C14H19BrClNO3. The molecule has 20 heavy (non-hydrogen) atoms. The zero-order valence-electron chi connectivity index (χ0n) is 11.8. The van der Waals surface area contributed by atoms with Crippen molar-refractivity contribution in [1.82, 2.24) is 4.90 Å². The van der Waals surface area contributed by atoms with E-state index in [-0.39, 0.29) is 10.7 Å². The first-order chi connectivity index (χ1) is 9.43. The van der Waals surface area contributed by atoms with E-state index in [1.165, 1.54) is 0 Å². The van der Waals surface area contributed by atoms with E-state index in [0.717, 1.165) is 0 Å². The number of benzene rings is 1. The number of hydrogen-bond donors (Lipinski definition) is 0. The summed E-state index contributed by atoms with van der Waals surface area (Å²) in [5.74, 6) is 0.490. The highest BCUT2D eigenvalue weighted by atomic mass is 79.9. The molecule has 0 saturated heterocycles. The zero-order valence-corrected chi connectivity index (χ0v) is 14.1. The van der Waals surface area contributed by atoms with Gasteiger partial charge in [-0.25, -0.2) is 0 Å². The average Bonchev–Trinajstić information content (AvgIpc) is 2.37. The summed E-state index contributed by atoms with van der Waals surface area (Å²) in [5.41, 5.74) is 0. The van der Waals surface area contributed by atoms with Crippen molar-refractivity contribution >= 4 is 33.4 Å². The minimum Gasteiger partial charge on any atom is -0.481 e. The normalized spacial score (nSPS) is 13.7. The van der Waals surface area contributed by atoms with E-state index in [1.807, 2.05) is 0 Å². The number of alkyl halides is 1. The van der Waals surface area contributed by atoms with Crippen LogP contribution in [0, 0.1) is 0 Å². The smallest absolute Gasteiger partial charge is 0.263 e. The maximum Gasteiger partial charge on any atom is 0.263 e. The van der Waals surface area contributed by atoms with E-state index < -0.39 is 6.10 Å². The van der Waals surface area contributed by atoms with Gasteiger partial charge in [0.2, 0.25) is 0 Å². The Kier molecular flexibility index (Phi) is 7.34. The Balaban J connectivity index is 2.53. The molecule has 2 atom stereocenters. The average molecular weight is 365 g/mol. The third-order valence-corrected chi connectivity index (χ3v) is 3.44. The van der Waals surface area contributed by atoms with Gasteiger partial charge in [-0.15, -0.1) is 0 Å². The van der Waals surface area contributed by atoms with Gasteiger partial charge in [-0.2, -0.15) is 0 Å². The van der Waals surface area contributed by atoms with Crippen LogP contribution in [0.5, 0.6) is 5.75 Å². The van der Waals surface area contributed by atoms with Crippen molar-refractivity contribution in [3.63, 3.8) is 0 Å². The molecule has 0 radical (unpaired) electrons. The van der Waals surface area contributed by atoms with Gasteiger partial charge in [-0.05, 0) is 25.1 Å². The monoisotopic (exact) mass is 363 g/mol. The summed E-state index contributed by atoms with van der Waals surface area (Å²) >= 11 is 9.33. The highest BCUT2D eigenvalue weighted by molar-refractivity contribution is 9.09. The number of carbonyl (C=O) groups excluding carboxylic acids is 1. The molecule has 0 aliphatic carbocycles. The molecule has 0 heterocycles. The molecule has 0 aliphatic heterocycles. The van der Waals surface area contributed by atoms with Crippen molar-refractivity contribution in [2.75, 3.05) is 27.3 Å². The summed E-state index contributed by atoms with van der Waals surface area (Å²) < 4.78 is 10.6. The maximum absolute atomic E-state index is 12.2. The molecule has 1 rings (SSSR count). The summed E-state index contributed by atoms with van der Waals surface area (Å²) in [6, 6.07) is 7.00. The van der Waals surface area contributed by atoms with Gasteiger partial charge in [0.25, 0.3) is 5.91 Å². The van der Waals surface area contributed by atoms with Crippen molar-refractivity contribution < 1.29 is 14.3 Å². The summed E-state index contributed by atoms with van der Waals surface area (Å²) in [6.07, 6.45) is -0.569. The minimum atomic E-state index is -0.569. The number of halogens is 2. The van der Waals surface area contributed by atoms with Crippen molar-refractivity contribution in [1.29, 1.82) is 0 Å². The van der Waals surface area contributed by atoms with Crippen molar-refractivity contribution in [3.8, 4) is 5.75 Å². The lowest BCUT2D eigenvalue weighted by atomic mass is 10.3. The van der Waals surface area contributed by atoms with Crippen LogP contribution < -0.4 is 4.74 Å². The summed E-state index contributed by atoms with van der Waals surface area (Å²) in [7, 11) is 3.37. The van der Waals surface area contributed by atoms with Crippen LogP contribution >= 0.6 is 27.5 Å². The largest absolute Gasteiger partial charge is 0.481 e. The number of hydrogen-bond acceptors (Lipinski definition) is 3. The first-order valence-corrected chi connectivity index (χ1v) is 7.53. The van der Waals surface area contributed by atoms with Crippen LogP contribution in [0.15, 0.2) is 24.3 Å². The highest BCUT2D eigenvalue weighted by Crippen LogP contribution is 2.18. The second-order valence-corrected chi connectivity index (χ2v) is 6.22. The molecule has 112 valence electrons. The Hall–Kier alpha value is -0.780. The van der Waals surface area contributed by atoms with Crippen LogP contribution in [-0.4, -0.2) is 49.0 Å². The topological polar surface area (TPSA) is 38.8 Å². The molecular weight excluding hydrogens is 346 g/mol. The summed E-state index contributed by atoms with van der Waals surface area (Å²) in [6.45, 7) is 2.82. The van der Waals surface area contributed by atoms with Gasteiger partial charge in [0, 0.05) is 25.7 Å². The Bertz CT molecular complexity index is 444. The summed E-state index contributed by atoms with van der Waals surface area (Å²) in [5, 5.41) is 0.580. The van der Waals surface area contributed by atoms with Gasteiger partial charge >= 0.3 is 0 Å². The molecule has 0 aliphatic rings. The van der Waals surface area contributed by atoms with Gasteiger partial charge < -0.3 is 14.4 Å². The molecule has 1 amide bonds. The molecule has 0 saturated carbocycles. The number of likely N-dealkylation sites (N-methyl/N-ethyl adjacent to an activating group) is 1. The Morgan fingerprint density at radius 3 is 2.80 bits per heavy atom. The van der Waals surface area contributed by atoms with Crippen molar-refractivity contribution in [2.24, 2.45) is 0 Å². The van der Waals surface area contributed by atoms with E-state index in [4.69, 9.17) is 21.1 Å². The fourth-order valence-corrected chi connectivity index (χ4v) is 2.60. The standard InChI is InChI=1S/C14H19BrClNO3/c1-10(20-13-6-4-5-12(16)7-13)14(18)17(2)8-11(15)9-19-3/h4-7,10-11H,8-9H2,1-3H3. The van der Waals surface area contributed by atoms with E-state index in [2.05, 4.69) is 15.9 Å². The van der Waals surface area contributed by atoms with Crippen molar-refractivity contribution in [3.05, 3.63) is 29.3 Å². The predicted molar refractivity (Wildman–Crippen MR) is 83.8 cm³/mol. The van der Waals surface area contributed by atoms with E-state index in [1.54, 1.807) is 50.2 Å². The SMILES string of the molecule is COCC(Br)CN(C)C(=O)C(C)Oc1cccc(Cl)c1. The summed E-state index contributed by atoms with van der Waals surface area (Å²) in [4.78, 5) is 13.9. The minimum absolute atomic E-state index is 0.0921. The lowest BCUT2D eigenvalue weighted by Crippen LogP contribution is -2.41. The third-order valence-electron chi connectivity index (χ3n) is 2.65. The van der Waals surface area contributed by atoms with Gasteiger partial charge in [-0.1, -0.05) is 33.6 Å². The fourth-order valence-electron chi connectivity index (χ4n) is 1.73. The lowest BCUT2D eigenvalue weighted by Gasteiger charge is -2.24. The Morgan fingerprint density at radius 2 is 2.20 bits per heavy atom. The quantitative estimate of drug-likeness (QED) is 0.698. The number of carbonyl (C=O) groups is 1. The zero-order chi connectivity index (χ0) is 15.1. The molecule has 1 aromatic rings. The lowest BCUT2D eigenvalue weighted by molar-refractivity contribution is -0.136. The van der Waals surface area contributed by atoms with E-state index in [9.17, 15) is 4.79 Å². The van der Waals surface area contributed by atoms with Crippen LogP contribution in [0.3, 0.4) is 0 Å². The number of nitrogens with zero attached hydrogens (tertiary/aromatic N) is 1. The Morgan fingerprint density at radius 1 is 1.50 bits per heavy atom. The number of ether oxygens (including phenoxy) is 2. The molecule has 0 fully saturated rings. The molecule has 0 bridgehead atoms. The van der Waals surface area contributed by atoms with Gasteiger partial charge in [0.1, 0.15) is 5.75 Å². The second-order valence-electron chi connectivity index (χ2n) is 4.49. The second kappa shape index (κ2) is 8.49.